The van der Waals surface area contributed by atoms with Crippen molar-refractivity contribution in [1.29, 1.82) is 0 Å². The Morgan fingerprint density at radius 3 is 2.37 bits per heavy atom. The normalized spacial score (nSPS) is 12.5. The van der Waals surface area contributed by atoms with Gasteiger partial charge < -0.3 is 15.7 Å². The number of carbonyl (C=O) groups is 2. The van der Waals surface area contributed by atoms with Crippen molar-refractivity contribution in [2.75, 3.05) is 5.32 Å². The van der Waals surface area contributed by atoms with Gasteiger partial charge in [-0.3, -0.25) is 14.3 Å². The molecule has 3 amide bonds. The quantitative estimate of drug-likeness (QED) is 0.434. The number of urea groups is 1. The molecule has 2 aromatic carbocycles. The number of hydrogen-bond donors (Lipinski definition) is 3. The lowest BCUT2D eigenvalue weighted by atomic mass is 10.0. The Bertz CT molecular complexity index is 1330. The SMILES string of the molecule is CC(C)NC(=O)Nc1cccc(-n2c(C(C)N(C(=O)O)C(C)(C)C)nc3cccc(Cl)c3c2=O)c1. The van der Waals surface area contributed by atoms with E-state index in [-0.39, 0.29) is 28.3 Å². The molecule has 3 rings (SSSR count). The Hall–Kier alpha value is -3.59. The number of halogens is 1. The summed E-state index contributed by atoms with van der Waals surface area (Å²) in [7, 11) is 0. The van der Waals surface area contributed by atoms with E-state index in [4.69, 9.17) is 16.6 Å². The monoisotopic (exact) mass is 499 g/mol. The summed E-state index contributed by atoms with van der Waals surface area (Å²) >= 11 is 6.36. The van der Waals surface area contributed by atoms with Crippen molar-refractivity contribution in [3.8, 4) is 5.69 Å². The van der Waals surface area contributed by atoms with Crippen molar-refractivity contribution in [3.63, 3.8) is 0 Å². The summed E-state index contributed by atoms with van der Waals surface area (Å²) in [6.07, 6.45) is -1.14. The van der Waals surface area contributed by atoms with E-state index in [1.807, 2.05) is 13.8 Å². The van der Waals surface area contributed by atoms with Crippen LogP contribution < -0.4 is 16.2 Å². The van der Waals surface area contributed by atoms with Gasteiger partial charge in [0.1, 0.15) is 5.82 Å². The highest BCUT2D eigenvalue weighted by atomic mass is 35.5. The first-order chi connectivity index (χ1) is 16.3. The van der Waals surface area contributed by atoms with Crippen molar-refractivity contribution in [2.45, 2.75) is 59.2 Å². The highest BCUT2D eigenvalue weighted by molar-refractivity contribution is 6.35. The Labute approximate surface area is 208 Å². The van der Waals surface area contributed by atoms with E-state index in [9.17, 15) is 19.5 Å². The van der Waals surface area contributed by atoms with Gasteiger partial charge in [0.05, 0.1) is 27.7 Å². The standard InChI is InChI=1S/C25H30ClN5O4/c1-14(2)27-23(33)28-16-9-7-10-17(13-16)30-21(15(3)31(24(34)35)25(4,5)6)29-19-12-8-11-18(26)20(19)22(30)32/h7-15H,1-6H3,(H,34,35)(H2,27,28,33). The molecule has 1 aromatic heterocycles. The molecular formula is C25H30ClN5O4. The summed E-state index contributed by atoms with van der Waals surface area (Å²) < 4.78 is 1.35. The lowest BCUT2D eigenvalue weighted by Crippen LogP contribution is -2.47. The van der Waals surface area contributed by atoms with Gasteiger partial charge in [0.25, 0.3) is 5.56 Å². The minimum atomic E-state index is -1.14. The molecule has 0 bridgehead atoms. The Morgan fingerprint density at radius 2 is 1.77 bits per heavy atom. The van der Waals surface area contributed by atoms with Crippen LogP contribution >= 0.6 is 11.6 Å². The predicted octanol–water partition coefficient (Wildman–Crippen LogP) is 5.41. The second-order valence-corrected chi connectivity index (χ2v) is 9.95. The maximum atomic E-state index is 13.8. The zero-order valence-electron chi connectivity index (χ0n) is 20.6. The molecule has 0 spiro atoms. The van der Waals surface area contributed by atoms with E-state index in [1.54, 1.807) is 70.2 Å². The smallest absolute Gasteiger partial charge is 0.408 e. The van der Waals surface area contributed by atoms with E-state index in [0.29, 0.717) is 16.9 Å². The number of fused-ring (bicyclic) bond motifs is 1. The van der Waals surface area contributed by atoms with Crippen LogP contribution in [0, 0.1) is 0 Å². The van der Waals surface area contributed by atoms with Gasteiger partial charge in [0.2, 0.25) is 0 Å². The predicted molar refractivity (Wildman–Crippen MR) is 138 cm³/mol. The van der Waals surface area contributed by atoms with Crippen molar-refractivity contribution in [3.05, 3.63) is 63.7 Å². The minimum absolute atomic E-state index is 0.0560. The molecule has 1 atom stereocenters. The zero-order chi connectivity index (χ0) is 26.1. The second-order valence-electron chi connectivity index (χ2n) is 9.55. The largest absolute Gasteiger partial charge is 0.465 e. The van der Waals surface area contributed by atoms with Crippen molar-refractivity contribution in [2.24, 2.45) is 0 Å². The molecule has 1 unspecified atom stereocenters. The van der Waals surface area contributed by atoms with Gasteiger partial charge >= 0.3 is 12.1 Å². The summed E-state index contributed by atoms with van der Waals surface area (Å²) in [5.74, 6) is 0.228. The molecular weight excluding hydrogens is 470 g/mol. The van der Waals surface area contributed by atoms with Crippen LogP contribution in [0.5, 0.6) is 0 Å². The first kappa shape index (κ1) is 26.0. The molecule has 0 aliphatic rings. The molecule has 186 valence electrons. The van der Waals surface area contributed by atoms with Crippen molar-refractivity contribution < 1.29 is 14.7 Å². The zero-order valence-corrected chi connectivity index (χ0v) is 21.3. The van der Waals surface area contributed by atoms with E-state index >= 15 is 0 Å². The Kier molecular flexibility index (Phi) is 7.40. The molecule has 0 aliphatic heterocycles. The van der Waals surface area contributed by atoms with Crippen LogP contribution in [0.3, 0.4) is 0 Å². The van der Waals surface area contributed by atoms with Crippen LogP contribution in [0.25, 0.3) is 16.6 Å². The molecule has 0 saturated carbocycles. The van der Waals surface area contributed by atoms with Gasteiger partial charge in [-0.25, -0.2) is 14.6 Å². The average molecular weight is 500 g/mol. The number of carbonyl (C=O) groups excluding carboxylic acids is 1. The van der Waals surface area contributed by atoms with E-state index in [1.165, 1.54) is 9.47 Å². The molecule has 1 heterocycles. The maximum Gasteiger partial charge on any atom is 0.408 e. The number of amides is 3. The van der Waals surface area contributed by atoms with E-state index < -0.39 is 23.2 Å². The van der Waals surface area contributed by atoms with Crippen LogP contribution in [-0.4, -0.2) is 43.3 Å². The number of nitrogens with one attached hydrogen (secondary N) is 2. The number of benzene rings is 2. The van der Waals surface area contributed by atoms with E-state index in [2.05, 4.69) is 10.6 Å². The van der Waals surface area contributed by atoms with Gasteiger partial charge in [-0.2, -0.15) is 0 Å². The van der Waals surface area contributed by atoms with Crippen molar-refractivity contribution in [1.82, 2.24) is 19.8 Å². The number of carboxylic acid groups (broad SMARTS) is 1. The Balaban J connectivity index is 2.27. The highest BCUT2D eigenvalue weighted by Crippen LogP contribution is 2.30. The van der Waals surface area contributed by atoms with Crippen LogP contribution in [0.4, 0.5) is 15.3 Å². The number of nitrogens with zero attached hydrogens (tertiary/aromatic N) is 3. The topological polar surface area (TPSA) is 117 Å². The molecule has 3 N–H and O–H groups in total. The van der Waals surface area contributed by atoms with Gasteiger partial charge in [0, 0.05) is 17.3 Å². The highest BCUT2D eigenvalue weighted by Gasteiger charge is 2.34. The van der Waals surface area contributed by atoms with Crippen LogP contribution in [0.1, 0.15) is 53.4 Å². The fraction of sp³-hybridized carbons (Fsp3) is 0.360. The number of rotatable bonds is 5. The molecule has 0 radical (unpaired) electrons. The van der Waals surface area contributed by atoms with Crippen LogP contribution in [0.2, 0.25) is 5.02 Å². The van der Waals surface area contributed by atoms with Gasteiger partial charge in [-0.15, -0.1) is 0 Å². The molecule has 35 heavy (non-hydrogen) atoms. The summed E-state index contributed by atoms with van der Waals surface area (Å²) in [5.41, 5.74) is 0.0233. The summed E-state index contributed by atoms with van der Waals surface area (Å²) in [5, 5.41) is 15.9. The Morgan fingerprint density at radius 1 is 1.11 bits per heavy atom. The summed E-state index contributed by atoms with van der Waals surface area (Å²) in [4.78, 5) is 44.1. The lowest BCUT2D eigenvalue weighted by molar-refractivity contribution is 0.0719. The lowest BCUT2D eigenvalue weighted by Gasteiger charge is -2.38. The van der Waals surface area contributed by atoms with Gasteiger partial charge in [0.15, 0.2) is 0 Å². The molecule has 10 heteroatoms. The number of aromatic nitrogens is 2. The van der Waals surface area contributed by atoms with Crippen LogP contribution in [0.15, 0.2) is 47.3 Å². The summed E-state index contributed by atoms with van der Waals surface area (Å²) in [6.45, 7) is 10.7. The third-order valence-electron chi connectivity index (χ3n) is 5.34. The molecule has 0 fully saturated rings. The second kappa shape index (κ2) is 9.95. The minimum Gasteiger partial charge on any atom is -0.465 e. The molecule has 0 aliphatic carbocycles. The molecule has 0 saturated heterocycles. The van der Waals surface area contributed by atoms with E-state index in [0.717, 1.165) is 0 Å². The first-order valence-corrected chi connectivity index (χ1v) is 11.6. The van der Waals surface area contributed by atoms with Gasteiger partial charge in [-0.05, 0) is 71.9 Å². The average Bonchev–Trinajstić information content (AvgIpc) is 2.71. The molecule has 9 nitrogen and oxygen atoms in total. The number of hydrogen-bond acceptors (Lipinski definition) is 4. The third-order valence-corrected chi connectivity index (χ3v) is 5.66. The fourth-order valence-electron chi connectivity index (χ4n) is 4.04. The maximum absolute atomic E-state index is 13.8. The van der Waals surface area contributed by atoms with Crippen LogP contribution in [-0.2, 0) is 0 Å². The fourth-order valence-corrected chi connectivity index (χ4v) is 4.29. The first-order valence-electron chi connectivity index (χ1n) is 11.2. The number of anilines is 1. The third kappa shape index (κ3) is 5.57. The van der Waals surface area contributed by atoms with Crippen molar-refractivity contribution >= 4 is 40.3 Å². The van der Waals surface area contributed by atoms with Gasteiger partial charge in [-0.1, -0.05) is 23.7 Å². The summed E-state index contributed by atoms with van der Waals surface area (Å²) in [6, 6.07) is 10.4. The molecule has 3 aromatic rings.